The first-order chi connectivity index (χ1) is 16.2. The molecule has 0 radical (unpaired) electrons. The van der Waals surface area contributed by atoms with E-state index in [2.05, 4.69) is 9.97 Å². The number of thiazole rings is 1. The zero-order chi connectivity index (χ0) is 24.3. The number of halogens is 4. The van der Waals surface area contributed by atoms with Crippen LogP contribution < -0.4 is 5.73 Å². The quantitative estimate of drug-likeness (QED) is 0.259. The zero-order valence-electron chi connectivity index (χ0n) is 18.3. The average molecular weight is 491 g/mol. The number of methoxy groups -OCH3 is 1. The molecule has 3 aromatic heterocycles. The van der Waals surface area contributed by atoms with Crippen molar-refractivity contribution in [1.82, 2.24) is 15.0 Å². The SMILES string of the molecule is COCc1nc(CC[C@@H](N)Cc2ccc(C(F)(F)F)nc2)sc1-c1ccc2cnc(F)cc2c1. The van der Waals surface area contributed by atoms with Gasteiger partial charge in [-0.05, 0) is 41.5 Å². The molecule has 0 bridgehead atoms. The molecule has 1 aromatic carbocycles. The van der Waals surface area contributed by atoms with Gasteiger partial charge in [-0.25, -0.2) is 9.97 Å². The van der Waals surface area contributed by atoms with Crippen LogP contribution in [0.5, 0.6) is 0 Å². The third kappa shape index (κ3) is 5.75. The molecule has 1 atom stereocenters. The molecule has 5 nitrogen and oxygen atoms in total. The van der Waals surface area contributed by atoms with Gasteiger partial charge in [0.05, 0.1) is 22.2 Å². The molecule has 10 heteroatoms. The highest BCUT2D eigenvalue weighted by Gasteiger charge is 2.32. The monoisotopic (exact) mass is 490 g/mol. The number of pyridine rings is 2. The summed E-state index contributed by atoms with van der Waals surface area (Å²) >= 11 is 1.52. The van der Waals surface area contributed by atoms with Gasteiger partial charge in [-0.3, -0.25) is 4.98 Å². The Hall–Kier alpha value is -2.95. The predicted octanol–water partition coefficient (Wildman–Crippen LogP) is 5.56. The Bertz CT molecular complexity index is 1270. The fourth-order valence-corrected chi connectivity index (χ4v) is 4.73. The Morgan fingerprint density at radius 2 is 1.88 bits per heavy atom. The molecule has 0 saturated heterocycles. The maximum Gasteiger partial charge on any atom is 0.433 e. The fraction of sp³-hybridized carbons (Fsp3) is 0.292. The molecular formula is C24H22F4N4OS. The highest BCUT2D eigenvalue weighted by Crippen LogP contribution is 2.34. The summed E-state index contributed by atoms with van der Waals surface area (Å²) in [6.45, 7) is 0.331. The number of nitrogens with zero attached hydrogens (tertiary/aromatic N) is 3. The molecule has 0 aliphatic heterocycles. The van der Waals surface area contributed by atoms with Gasteiger partial charge in [0.15, 0.2) is 0 Å². The maximum atomic E-state index is 13.6. The first-order valence-electron chi connectivity index (χ1n) is 10.5. The van der Waals surface area contributed by atoms with Gasteiger partial charge in [-0.2, -0.15) is 17.6 Å². The van der Waals surface area contributed by atoms with Crippen LogP contribution in [0, 0.1) is 5.95 Å². The van der Waals surface area contributed by atoms with Gasteiger partial charge in [0.1, 0.15) is 5.69 Å². The standard InChI is InChI=1S/C24H22F4N4OS/c1-33-13-19-23(15-3-4-16-12-31-21(25)10-17(16)9-15)34-22(32-19)7-5-18(29)8-14-2-6-20(30-11-14)24(26,27)28/h2-4,6,9-12,18H,5,7-8,13,29H2,1H3/t18-/m1/s1. The van der Waals surface area contributed by atoms with E-state index in [-0.39, 0.29) is 6.04 Å². The minimum Gasteiger partial charge on any atom is -0.378 e. The molecule has 4 rings (SSSR count). The Labute approximate surface area is 197 Å². The van der Waals surface area contributed by atoms with Gasteiger partial charge in [0.2, 0.25) is 5.95 Å². The number of alkyl halides is 3. The molecule has 0 fully saturated rings. The molecule has 0 aliphatic carbocycles. The van der Waals surface area contributed by atoms with Crippen molar-refractivity contribution in [2.45, 2.75) is 38.1 Å². The average Bonchev–Trinajstić information content (AvgIpc) is 3.20. The van der Waals surface area contributed by atoms with Crippen molar-refractivity contribution in [2.24, 2.45) is 5.73 Å². The number of ether oxygens (including phenoxy) is 1. The number of nitrogens with two attached hydrogens (primary N) is 1. The van der Waals surface area contributed by atoms with E-state index in [9.17, 15) is 17.6 Å². The summed E-state index contributed by atoms with van der Waals surface area (Å²) in [6.07, 6.45) is -0.107. The first-order valence-corrected chi connectivity index (χ1v) is 11.4. The Morgan fingerprint density at radius 1 is 1.06 bits per heavy atom. The largest absolute Gasteiger partial charge is 0.433 e. The number of rotatable bonds is 8. The third-order valence-electron chi connectivity index (χ3n) is 5.32. The van der Waals surface area contributed by atoms with Crippen LogP contribution in [0.3, 0.4) is 0 Å². The second-order valence-corrected chi connectivity index (χ2v) is 9.02. The van der Waals surface area contributed by atoms with Gasteiger partial charge < -0.3 is 10.5 Å². The summed E-state index contributed by atoms with van der Waals surface area (Å²) in [5.41, 5.74) is 7.66. The van der Waals surface area contributed by atoms with Gasteiger partial charge in [-0.15, -0.1) is 11.3 Å². The molecule has 0 unspecified atom stereocenters. The van der Waals surface area contributed by atoms with E-state index < -0.39 is 17.8 Å². The minimum absolute atomic E-state index is 0.257. The van der Waals surface area contributed by atoms with Crippen LogP contribution in [0.1, 0.15) is 28.4 Å². The summed E-state index contributed by atoms with van der Waals surface area (Å²) in [6, 6.07) is 9.26. The summed E-state index contributed by atoms with van der Waals surface area (Å²) in [7, 11) is 1.60. The smallest absolute Gasteiger partial charge is 0.378 e. The molecule has 3 heterocycles. The van der Waals surface area contributed by atoms with E-state index in [1.807, 2.05) is 18.2 Å². The fourth-order valence-electron chi connectivity index (χ4n) is 3.65. The lowest BCUT2D eigenvalue weighted by Gasteiger charge is -2.11. The number of benzene rings is 1. The van der Waals surface area contributed by atoms with Crippen LogP contribution in [0.4, 0.5) is 17.6 Å². The molecule has 0 spiro atoms. The van der Waals surface area contributed by atoms with E-state index >= 15 is 0 Å². The van der Waals surface area contributed by atoms with Crippen LogP contribution in [0.15, 0.2) is 48.8 Å². The van der Waals surface area contributed by atoms with Crippen molar-refractivity contribution in [3.05, 3.63) is 76.7 Å². The second kappa shape index (κ2) is 10.1. The van der Waals surface area contributed by atoms with Crippen LogP contribution in [-0.4, -0.2) is 28.1 Å². The van der Waals surface area contributed by atoms with E-state index in [4.69, 9.17) is 15.5 Å². The van der Waals surface area contributed by atoms with E-state index in [1.165, 1.54) is 35.9 Å². The van der Waals surface area contributed by atoms with E-state index in [0.29, 0.717) is 31.4 Å². The second-order valence-electron chi connectivity index (χ2n) is 7.94. The molecule has 0 saturated carbocycles. The Balaban J connectivity index is 1.46. The molecule has 0 amide bonds. The normalized spacial score (nSPS) is 12.9. The van der Waals surface area contributed by atoms with Crippen molar-refractivity contribution < 1.29 is 22.3 Å². The Morgan fingerprint density at radius 3 is 2.59 bits per heavy atom. The number of hydrogen-bond donors (Lipinski definition) is 1. The maximum absolute atomic E-state index is 13.6. The topological polar surface area (TPSA) is 73.9 Å². The van der Waals surface area contributed by atoms with Gasteiger partial charge in [0.25, 0.3) is 0 Å². The van der Waals surface area contributed by atoms with Crippen molar-refractivity contribution in [2.75, 3.05) is 7.11 Å². The number of aryl methyl sites for hydroxylation is 1. The van der Waals surface area contributed by atoms with Crippen LogP contribution in [0.2, 0.25) is 0 Å². The van der Waals surface area contributed by atoms with Crippen LogP contribution >= 0.6 is 11.3 Å². The van der Waals surface area contributed by atoms with Crippen molar-refractivity contribution in [3.63, 3.8) is 0 Å². The van der Waals surface area contributed by atoms with Crippen LogP contribution in [0.25, 0.3) is 21.2 Å². The molecule has 34 heavy (non-hydrogen) atoms. The molecular weight excluding hydrogens is 468 g/mol. The zero-order valence-corrected chi connectivity index (χ0v) is 19.1. The lowest BCUT2D eigenvalue weighted by atomic mass is 10.0. The molecule has 0 aliphatic rings. The van der Waals surface area contributed by atoms with Crippen LogP contribution in [-0.2, 0) is 30.4 Å². The highest BCUT2D eigenvalue weighted by molar-refractivity contribution is 7.15. The van der Waals surface area contributed by atoms with Gasteiger partial charge >= 0.3 is 6.18 Å². The molecule has 178 valence electrons. The van der Waals surface area contributed by atoms with Crippen molar-refractivity contribution in [3.8, 4) is 10.4 Å². The number of fused-ring (bicyclic) bond motifs is 1. The number of aromatic nitrogens is 3. The van der Waals surface area contributed by atoms with E-state index in [1.54, 1.807) is 7.11 Å². The molecule has 4 aromatic rings. The van der Waals surface area contributed by atoms with Gasteiger partial charge in [0, 0.05) is 43.4 Å². The lowest BCUT2D eigenvalue weighted by molar-refractivity contribution is -0.141. The van der Waals surface area contributed by atoms with Crippen molar-refractivity contribution >= 4 is 22.1 Å². The highest BCUT2D eigenvalue weighted by atomic mass is 32.1. The summed E-state index contributed by atoms with van der Waals surface area (Å²) in [4.78, 5) is 12.8. The van der Waals surface area contributed by atoms with Crippen molar-refractivity contribution in [1.29, 1.82) is 0 Å². The summed E-state index contributed by atoms with van der Waals surface area (Å²) < 4.78 is 56.9. The summed E-state index contributed by atoms with van der Waals surface area (Å²) in [5.74, 6) is -0.538. The Kier molecular flexibility index (Phi) is 7.20. The first kappa shape index (κ1) is 24.2. The predicted molar refractivity (Wildman–Crippen MR) is 123 cm³/mol. The number of hydrogen-bond acceptors (Lipinski definition) is 6. The van der Waals surface area contributed by atoms with E-state index in [0.717, 1.165) is 38.0 Å². The minimum atomic E-state index is -4.46. The molecule has 2 N–H and O–H groups in total. The third-order valence-corrected chi connectivity index (χ3v) is 6.52. The van der Waals surface area contributed by atoms with Gasteiger partial charge in [-0.1, -0.05) is 18.2 Å². The lowest BCUT2D eigenvalue weighted by Crippen LogP contribution is -2.23. The summed E-state index contributed by atoms with van der Waals surface area (Å²) in [5, 5.41) is 2.46.